The highest BCUT2D eigenvalue weighted by Gasteiger charge is 2.34. The van der Waals surface area contributed by atoms with Gasteiger partial charge in [0.25, 0.3) is 0 Å². The van der Waals surface area contributed by atoms with Crippen LogP contribution in [0, 0.1) is 11.6 Å². The Morgan fingerprint density at radius 3 is 2.38 bits per heavy atom. The molecule has 0 bridgehead atoms. The van der Waals surface area contributed by atoms with Crippen molar-refractivity contribution >= 4 is 23.6 Å². The molecule has 0 fully saturated rings. The van der Waals surface area contributed by atoms with Crippen molar-refractivity contribution in [2.45, 2.75) is 6.42 Å². The van der Waals surface area contributed by atoms with Gasteiger partial charge in [-0.15, -0.1) is 0 Å². The molecule has 0 saturated heterocycles. The molecule has 0 aromatic heterocycles. The van der Waals surface area contributed by atoms with E-state index in [0.29, 0.717) is 0 Å². The van der Waals surface area contributed by atoms with Crippen LogP contribution < -0.4 is 4.90 Å². The molecule has 0 saturated carbocycles. The number of rotatable bonds is 5. The third-order valence-electron chi connectivity index (χ3n) is 3.61. The summed E-state index contributed by atoms with van der Waals surface area (Å²) in [4.78, 5) is 35.6. The fraction of sp³-hybridized carbons (Fsp3) is 0.312. The lowest BCUT2D eigenvalue weighted by Gasteiger charge is -2.31. The predicted octanol–water partition coefficient (Wildman–Crippen LogP) is 0.986. The molecule has 1 aliphatic rings. The smallest absolute Gasteiger partial charge is 0.355 e. The van der Waals surface area contributed by atoms with E-state index in [1.54, 1.807) is 0 Å². The van der Waals surface area contributed by atoms with Gasteiger partial charge in [-0.3, -0.25) is 4.79 Å². The zero-order valence-electron chi connectivity index (χ0n) is 13.9. The van der Waals surface area contributed by atoms with Crippen molar-refractivity contribution < 1.29 is 42.5 Å². The van der Waals surface area contributed by atoms with E-state index in [9.17, 15) is 23.2 Å². The molecule has 1 aromatic carbocycles. The summed E-state index contributed by atoms with van der Waals surface area (Å²) in [6.07, 6.45) is -0.716. The summed E-state index contributed by atoms with van der Waals surface area (Å²) in [6.45, 7) is -0.644. The number of esters is 2. The van der Waals surface area contributed by atoms with Crippen molar-refractivity contribution in [3.8, 4) is 0 Å². The Balaban J connectivity index is 2.58. The summed E-state index contributed by atoms with van der Waals surface area (Å²) in [7, 11) is 2.15. The molecule has 0 aliphatic carbocycles. The minimum Gasteiger partial charge on any atom is -0.481 e. The van der Waals surface area contributed by atoms with Crippen LogP contribution >= 0.6 is 0 Å². The van der Waals surface area contributed by atoms with Crippen molar-refractivity contribution in [2.75, 3.05) is 32.5 Å². The van der Waals surface area contributed by atoms with Crippen LogP contribution in [0.15, 0.2) is 23.4 Å². The molecular formula is C16H15F2NO7. The Morgan fingerprint density at radius 1 is 1.15 bits per heavy atom. The highest BCUT2D eigenvalue weighted by molar-refractivity contribution is 6.03. The molecule has 0 atom stereocenters. The van der Waals surface area contributed by atoms with E-state index in [2.05, 4.69) is 9.47 Å². The second-order valence-electron chi connectivity index (χ2n) is 5.16. The summed E-state index contributed by atoms with van der Waals surface area (Å²) < 4.78 is 43.0. The van der Waals surface area contributed by atoms with Crippen molar-refractivity contribution in [2.24, 2.45) is 0 Å². The average Bonchev–Trinajstić information content (AvgIpc) is 2.63. The summed E-state index contributed by atoms with van der Waals surface area (Å²) in [6, 6.07) is 2.16. The molecule has 1 heterocycles. The maximum Gasteiger partial charge on any atom is 0.355 e. The molecule has 0 amide bonds. The van der Waals surface area contributed by atoms with E-state index in [1.165, 1.54) is 0 Å². The van der Waals surface area contributed by atoms with E-state index >= 15 is 0 Å². The monoisotopic (exact) mass is 371 g/mol. The Kier molecular flexibility index (Phi) is 5.88. The number of ether oxygens (including phenoxy) is 3. The normalized spacial score (nSPS) is 14.2. The quantitative estimate of drug-likeness (QED) is 0.765. The van der Waals surface area contributed by atoms with Crippen LogP contribution in [0.5, 0.6) is 0 Å². The van der Waals surface area contributed by atoms with E-state index < -0.39 is 41.7 Å². The molecular weight excluding hydrogens is 356 g/mol. The number of halogens is 2. The molecule has 26 heavy (non-hydrogen) atoms. The van der Waals surface area contributed by atoms with Gasteiger partial charge in [0.05, 0.1) is 38.5 Å². The zero-order valence-corrected chi connectivity index (χ0v) is 13.9. The molecule has 1 N–H and O–H groups in total. The SMILES string of the molecule is COC(=O)C1=C(C(=O)OC)N(c2ccc(CC(=O)O)c(F)c2F)COC1. The number of aliphatic carboxylic acids is 1. The molecule has 10 heteroatoms. The fourth-order valence-corrected chi connectivity index (χ4v) is 2.42. The van der Waals surface area contributed by atoms with Gasteiger partial charge < -0.3 is 24.2 Å². The largest absolute Gasteiger partial charge is 0.481 e. The Bertz CT molecular complexity index is 791. The van der Waals surface area contributed by atoms with E-state index in [4.69, 9.17) is 9.84 Å². The molecule has 2 rings (SSSR count). The van der Waals surface area contributed by atoms with Gasteiger partial charge in [-0.05, 0) is 6.07 Å². The maximum absolute atomic E-state index is 14.5. The maximum atomic E-state index is 14.5. The Hall–Kier alpha value is -3.01. The van der Waals surface area contributed by atoms with Gasteiger partial charge in [0.1, 0.15) is 12.4 Å². The lowest BCUT2D eigenvalue weighted by Crippen LogP contribution is -2.39. The van der Waals surface area contributed by atoms with Crippen molar-refractivity contribution in [3.63, 3.8) is 0 Å². The summed E-state index contributed by atoms with van der Waals surface area (Å²) in [5.74, 6) is -5.96. The number of benzene rings is 1. The van der Waals surface area contributed by atoms with Gasteiger partial charge in [0, 0.05) is 5.56 Å². The van der Waals surface area contributed by atoms with Crippen LogP contribution in [0.25, 0.3) is 0 Å². The summed E-state index contributed by atoms with van der Waals surface area (Å²) >= 11 is 0. The number of carboxylic acid groups (broad SMARTS) is 1. The van der Waals surface area contributed by atoms with Gasteiger partial charge in [-0.1, -0.05) is 6.07 Å². The average molecular weight is 371 g/mol. The second kappa shape index (κ2) is 7.91. The number of carboxylic acids is 1. The first kappa shape index (κ1) is 19.3. The number of hydrogen-bond donors (Lipinski definition) is 1. The Morgan fingerprint density at radius 2 is 1.81 bits per heavy atom. The van der Waals surface area contributed by atoms with Crippen molar-refractivity contribution in [3.05, 3.63) is 40.6 Å². The van der Waals surface area contributed by atoms with Crippen LogP contribution in [0.4, 0.5) is 14.5 Å². The van der Waals surface area contributed by atoms with Gasteiger partial charge >= 0.3 is 17.9 Å². The lowest BCUT2D eigenvalue weighted by molar-refractivity contribution is -0.140. The number of methoxy groups -OCH3 is 2. The van der Waals surface area contributed by atoms with Gasteiger partial charge in [-0.2, -0.15) is 0 Å². The summed E-state index contributed by atoms with van der Waals surface area (Å²) in [5, 5.41) is 8.73. The van der Waals surface area contributed by atoms with Crippen molar-refractivity contribution in [1.29, 1.82) is 0 Å². The van der Waals surface area contributed by atoms with Crippen LogP contribution in [0.2, 0.25) is 0 Å². The minimum atomic E-state index is -1.39. The first-order chi connectivity index (χ1) is 12.3. The van der Waals surface area contributed by atoms with Crippen LogP contribution in [-0.4, -0.2) is 50.6 Å². The number of nitrogens with zero attached hydrogens (tertiary/aromatic N) is 1. The zero-order chi connectivity index (χ0) is 19.4. The third-order valence-corrected chi connectivity index (χ3v) is 3.61. The second-order valence-corrected chi connectivity index (χ2v) is 5.16. The highest BCUT2D eigenvalue weighted by atomic mass is 19.2. The van der Waals surface area contributed by atoms with Gasteiger partial charge in [-0.25, -0.2) is 18.4 Å². The number of carbonyl (C=O) groups excluding carboxylic acids is 2. The molecule has 1 aliphatic heterocycles. The number of hydrogen-bond acceptors (Lipinski definition) is 7. The van der Waals surface area contributed by atoms with E-state index in [0.717, 1.165) is 31.3 Å². The van der Waals surface area contributed by atoms with Gasteiger partial charge in [0.2, 0.25) is 0 Å². The van der Waals surface area contributed by atoms with E-state index in [-0.39, 0.29) is 30.2 Å². The third kappa shape index (κ3) is 3.64. The van der Waals surface area contributed by atoms with Crippen LogP contribution in [0.1, 0.15) is 5.56 Å². The van der Waals surface area contributed by atoms with Crippen LogP contribution in [0.3, 0.4) is 0 Å². The molecule has 140 valence electrons. The molecule has 0 unspecified atom stereocenters. The van der Waals surface area contributed by atoms with Crippen molar-refractivity contribution in [1.82, 2.24) is 0 Å². The number of carbonyl (C=O) groups is 3. The first-order valence-corrected chi connectivity index (χ1v) is 7.25. The number of anilines is 1. The molecule has 1 aromatic rings. The van der Waals surface area contributed by atoms with E-state index in [1.807, 2.05) is 0 Å². The highest BCUT2D eigenvalue weighted by Crippen LogP contribution is 2.31. The lowest BCUT2D eigenvalue weighted by atomic mass is 10.1. The predicted molar refractivity (Wildman–Crippen MR) is 82.1 cm³/mol. The van der Waals surface area contributed by atoms with Gasteiger partial charge in [0.15, 0.2) is 11.6 Å². The fourth-order valence-electron chi connectivity index (χ4n) is 2.42. The Labute approximate surface area is 146 Å². The standard InChI is InChI=1S/C16H15F2NO7/c1-24-15(22)9-6-26-7-19(14(9)16(23)25-2)10-4-3-8(5-11(20)21)12(17)13(10)18/h3-4H,5-7H2,1-2H3,(H,20,21). The molecule has 0 radical (unpaired) electrons. The minimum absolute atomic E-state index is 0.222. The summed E-state index contributed by atoms with van der Waals surface area (Å²) in [5.41, 5.74) is -1.36. The molecule has 8 nitrogen and oxygen atoms in total. The first-order valence-electron chi connectivity index (χ1n) is 7.25. The molecule has 0 spiro atoms. The van der Waals surface area contributed by atoms with Crippen LogP contribution in [-0.2, 0) is 35.0 Å². The topological polar surface area (TPSA) is 102 Å².